The van der Waals surface area contributed by atoms with Gasteiger partial charge in [-0.05, 0) is 61.0 Å². The molecule has 0 saturated carbocycles. The second-order valence-electron chi connectivity index (χ2n) is 5.37. The smallest absolute Gasteiger partial charge is 0.221 e. The Morgan fingerprint density at radius 2 is 1.79 bits per heavy atom. The molecule has 3 N–H and O–H groups in total. The van der Waals surface area contributed by atoms with Crippen molar-refractivity contribution in [3.8, 4) is 0 Å². The largest absolute Gasteiger partial charge is 0.331 e. The van der Waals surface area contributed by atoms with E-state index in [1.807, 2.05) is 43.3 Å². The average Bonchev–Trinajstić information content (AvgIpc) is 2.53. The molecule has 0 fully saturated rings. The lowest BCUT2D eigenvalue weighted by atomic mass is 10.1. The second-order valence-corrected chi connectivity index (χ2v) is 5.78. The zero-order valence-electron chi connectivity index (χ0n) is 13.9. The lowest BCUT2D eigenvalue weighted by molar-refractivity contribution is -0.114. The highest BCUT2D eigenvalue weighted by Gasteiger charge is 2.02. The molecule has 0 saturated heterocycles. The summed E-state index contributed by atoms with van der Waals surface area (Å²) in [7, 11) is 0. The van der Waals surface area contributed by atoms with Gasteiger partial charge >= 0.3 is 0 Å². The molecule has 24 heavy (non-hydrogen) atoms. The first kappa shape index (κ1) is 17.6. The maximum absolute atomic E-state index is 11.0. The van der Waals surface area contributed by atoms with E-state index in [2.05, 4.69) is 34.2 Å². The third-order valence-corrected chi connectivity index (χ3v) is 3.66. The van der Waals surface area contributed by atoms with Gasteiger partial charge in [0.1, 0.15) is 0 Å². The number of carbonyl (C=O) groups excluding carboxylic acids is 1. The van der Waals surface area contributed by atoms with Crippen molar-refractivity contribution >= 4 is 40.8 Å². The highest BCUT2D eigenvalue weighted by molar-refractivity contribution is 7.80. The molecule has 2 rings (SSSR count). The molecule has 124 valence electrons. The lowest BCUT2D eigenvalue weighted by Gasteiger charge is -2.11. The number of nitrogens with zero attached hydrogens (tertiary/aromatic N) is 1. The van der Waals surface area contributed by atoms with Crippen LogP contribution in [0.4, 0.5) is 11.4 Å². The van der Waals surface area contributed by atoms with Crippen molar-refractivity contribution in [2.24, 2.45) is 5.10 Å². The van der Waals surface area contributed by atoms with Crippen molar-refractivity contribution in [3.63, 3.8) is 0 Å². The number of thiocarbonyl (C=S) groups is 1. The summed E-state index contributed by atoms with van der Waals surface area (Å²) in [6, 6.07) is 13.4. The molecule has 0 aliphatic rings. The normalized spacial score (nSPS) is 10.5. The van der Waals surface area contributed by atoms with E-state index in [-0.39, 0.29) is 5.91 Å². The average molecular weight is 340 g/mol. The number of carbonyl (C=O) groups is 1. The van der Waals surface area contributed by atoms with Crippen molar-refractivity contribution in [2.45, 2.75) is 20.8 Å². The fraction of sp³-hybridized carbons (Fsp3) is 0.167. The van der Waals surface area contributed by atoms with Gasteiger partial charge in [0.25, 0.3) is 0 Å². The number of rotatable bonds is 4. The number of hydrogen-bond donors (Lipinski definition) is 3. The minimum Gasteiger partial charge on any atom is -0.331 e. The molecule has 6 heteroatoms. The fourth-order valence-electron chi connectivity index (χ4n) is 2.06. The maximum atomic E-state index is 11.0. The van der Waals surface area contributed by atoms with Gasteiger partial charge < -0.3 is 10.6 Å². The number of hydrazone groups is 1. The molecule has 2 aromatic rings. The van der Waals surface area contributed by atoms with Gasteiger partial charge in [0.2, 0.25) is 5.91 Å². The Morgan fingerprint density at radius 3 is 2.46 bits per heavy atom. The maximum Gasteiger partial charge on any atom is 0.221 e. The van der Waals surface area contributed by atoms with Crippen molar-refractivity contribution in [2.75, 3.05) is 10.6 Å². The van der Waals surface area contributed by atoms with E-state index in [1.165, 1.54) is 12.5 Å². The zero-order valence-corrected chi connectivity index (χ0v) is 14.7. The van der Waals surface area contributed by atoms with Crippen LogP contribution in [0.25, 0.3) is 0 Å². The van der Waals surface area contributed by atoms with Crippen molar-refractivity contribution < 1.29 is 4.79 Å². The highest BCUT2D eigenvalue weighted by atomic mass is 32.1. The van der Waals surface area contributed by atoms with Crippen molar-refractivity contribution in [1.82, 2.24) is 5.43 Å². The van der Waals surface area contributed by atoms with Gasteiger partial charge in [-0.3, -0.25) is 10.2 Å². The van der Waals surface area contributed by atoms with Crippen LogP contribution in [0.3, 0.4) is 0 Å². The molecule has 0 unspecified atom stereocenters. The standard InChI is InChI=1S/C18H20N4OS/c1-12-5-4-6-17(13(12)2)21-18(24)22-19-11-15-7-9-16(10-8-15)20-14(3)23/h4-11H,1-3H3,(H,20,23)(H2,21,22,24)/b19-11+. The van der Waals surface area contributed by atoms with E-state index in [1.54, 1.807) is 6.21 Å². The van der Waals surface area contributed by atoms with Crippen LogP contribution in [0, 0.1) is 13.8 Å². The molecular weight excluding hydrogens is 320 g/mol. The Labute approximate surface area is 147 Å². The van der Waals surface area contributed by atoms with Gasteiger partial charge in [0.15, 0.2) is 5.11 Å². The predicted molar refractivity (Wildman–Crippen MR) is 104 cm³/mol. The number of benzene rings is 2. The summed E-state index contributed by atoms with van der Waals surface area (Å²) in [5, 5.41) is 10.4. The predicted octanol–water partition coefficient (Wildman–Crippen LogP) is 3.58. The molecule has 0 aliphatic heterocycles. The first-order chi connectivity index (χ1) is 11.5. The second kappa shape index (κ2) is 8.21. The summed E-state index contributed by atoms with van der Waals surface area (Å²) in [6.45, 7) is 5.57. The van der Waals surface area contributed by atoms with Crippen molar-refractivity contribution in [1.29, 1.82) is 0 Å². The molecule has 0 bridgehead atoms. The Kier molecular flexibility index (Phi) is 6.03. The third-order valence-electron chi connectivity index (χ3n) is 3.46. The van der Waals surface area contributed by atoms with E-state index < -0.39 is 0 Å². The van der Waals surface area contributed by atoms with Gasteiger partial charge in [0, 0.05) is 18.3 Å². The number of nitrogens with one attached hydrogen (secondary N) is 3. The first-order valence-corrected chi connectivity index (χ1v) is 7.90. The number of hydrogen-bond acceptors (Lipinski definition) is 3. The Hall–Kier alpha value is -2.73. The summed E-state index contributed by atoms with van der Waals surface area (Å²) in [4.78, 5) is 11.0. The highest BCUT2D eigenvalue weighted by Crippen LogP contribution is 2.17. The van der Waals surface area contributed by atoms with Crippen LogP contribution in [-0.4, -0.2) is 17.2 Å². The summed E-state index contributed by atoms with van der Waals surface area (Å²) >= 11 is 5.24. The van der Waals surface area contributed by atoms with Crippen LogP contribution >= 0.6 is 12.2 Å². The van der Waals surface area contributed by atoms with Crippen LogP contribution in [0.5, 0.6) is 0 Å². The topological polar surface area (TPSA) is 65.5 Å². The quantitative estimate of drug-likeness (QED) is 0.452. The molecule has 5 nitrogen and oxygen atoms in total. The van der Waals surface area contributed by atoms with Crippen LogP contribution in [0.15, 0.2) is 47.6 Å². The van der Waals surface area contributed by atoms with Crippen LogP contribution in [-0.2, 0) is 4.79 Å². The Balaban J connectivity index is 1.90. The molecule has 0 aromatic heterocycles. The minimum atomic E-state index is -0.0963. The summed E-state index contributed by atoms with van der Waals surface area (Å²) in [5.41, 5.74) is 7.75. The molecule has 1 amide bonds. The van der Waals surface area contributed by atoms with Gasteiger partial charge in [-0.25, -0.2) is 0 Å². The van der Waals surface area contributed by atoms with Crippen LogP contribution in [0.2, 0.25) is 0 Å². The minimum absolute atomic E-state index is 0.0963. The molecule has 0 spiro atoms. The molecule has 0 radical (unpaired) electrons. The van der Waals surface area contributed by atoms with Crippen molar-refractivity contribution in [3.05, 3.63) is 59.2 Å². The Bertz CT molecular complexity index is 769. The molecule has 0 aliphatic carbocycles. The van der Waals surface area contributed by atoms with Gasteiger partial charge in [0.05, 0.1) is 6.21 Å². The zero-order chi connectivity index (χ0) is 17.5. The molecule has 2 aromatic carbocycles. The lowest BCUT2D eigenvalue weighted by Crippen LogP contribution is -2.24. The number of aryl methyl sites for hydroxylation is 1. The molecule has 0 atom stereocenters. The SMILES string of the molecule is CC(=O)Nc1ccc(/C=N/NC(=S)Nc2cccc(C)c2C)cc1. The van der Waals surface area contributed by atoms with Gasteiger partial charge in [-0.1, -0.05) is 24.3 Å². The van der Waals surface area contributed by atoms with E-state index in [0.717, 1.165) is 22.5 Å². The van der Waals surface area contributed by atoms with Crippen LogP contribution < -0.4 is 16.1 Å². The van der Waals surface area contributed by atoms with E-state index in [9.17, 15) is 4.79 Å². The molecular formula is C18H20N4OS. The van der Waals surface area contributed by atoms with Gasteiger partial charge in [-0.2, -0.15) is 5.10 Å². The number of anilines is 2. The number of amides is 1. The molecule has 0 heterocycles. The summed E-state index contributed by atoms with van der Waals surface area (Å²) < 4.78 is 0. The van der Waals surface area contributed by atoms with Crippen LogP contribution in [0.1, 0.15) is 23.6 Å². The van der Waals surface area contributed by atoms with E-state index >= 15 is 0 Å². The summed E-state index contributed by atoms with van der Waals surface area (Å²) in [5.74, 6) is -0.0963. The fourth-order valence-corrected chi connectivity index (χ4v) is 2.22. The third kappa shape index (κ3) is 5.17. The monoisotopic (exact) mass is 340 g/mol. The van der Waals surface area contributed by atoms with E-state index in [0.29, 0.717) is 5.11 Å². The van der Waals surface area contributed by atoms with Gasteiger partial charge in [-0.15, -0.1) is 0 Å². The van der Waals surface area contributed by atoms with E-state index in [4.69, 9.17) is 12.2 Å². The Morgan fingerprint density at radius 1 is 1.08 bits per heavy atom. The first-order valence-electron chi connectivity index (χ1n) is 7.49. The summed E-state index contributed by atoms with van der Waals surface area (Å²) in [6.07, 6.45) is 1.66.